The summed E-state index contributed by atoms with van der Waals surface area (Å²) in [7, 11) is 0. The van der Waals surface area contributed by atoms with Gasteiger partial charge in [-0.3, -0.25) is 0 Å². The summed E-state index contributed by atoms with van der Waals surface area (Å²) in [6, 6.07) is 0.825. The minimum Gasteiger partial charge on any atom is -0.314 e. The fourth-order valence-electron chi connectivity index (χ4n) is 3.36. The number of likely N-dealkylation sites (tertiary alicyclic amines) is 1. The third-order valence-corrected chi connectivity index (χ3v) is 4.62. The molecule has 2 heteroatoms. The first-order valence-corrected chi connectivity index (χ1v) is 7.84. The Kier molecular flexibility index (Phi) is 5.79. The standard InChI is InChI=1S/C15H30N2/c1-2-17-11-10-14(13-17)12-16-15-8-6-4-3-5-7-9-15/h14-16H,2-13H2,1H3. The quantitative estimate of drug-likeness (QED) is 0.810. The van der Waals surface area contributed by atoms with Crippen LogP contribution in [0.15, 0.2) is 0 Å². The highest BCUT2D eigenvalue weighted by Crippen LogP contribution is 2.19. The first kappa shape index (κ1) is 13.4. The summed E-state index contributed by atoms with van der Waals surface area (Å²) >= 11 is 0. The molecule has 1 N–H and O–H groups in total. The molecule has 100 valence electrons. The Morgan fingerprint density at radius 3 is 2.35 bits per heavy atom. The molecule has 1 heterocycles. The van der Waals surface area contributed by atoms with E-state index in [2.05, 4.69) is 17.1 Å². The van der Waals surface area contributed by atoms with E-state index in [1.165, 1.54) is 77.5 Å². The highest BCUT2D eigenvalue weighted by Gasteiger charge is 2.21. The summed E-state index contributed by atoms with van der Waals surface area (Å²) in [4.78, 5) is 2.59. The molecule has 0 radical (unpaired) electrons. The summed E-state index contributed by atoms with van der Waals surface area (Å²) < 4.78 is 0. The number of nitrogens with zero attached hydrogens (tertiary/aromatic N) is 1. The lowest BCUT2D eigenvalue weighted by Gasteiger charge is -2.23. The molecule has 0 aromatic rings. The van der Waals surface area contributed by atoms with Gasteiger partial charge in [-0.1, -0.05) is 39.0 Å². The third kappa shape index (κ3) is 4.59. The first-order chi connectivity index (χ1) is 8.38. The van der Waals surface area contributed by atoms with Crippen molar-refractivity contribution in [3.8, 4) is 0 Å². The third-order valence-electron chi connectivity index (χ3n) is 4.62. The van der Waals surface area contributed by atoms with Crippen LogP contribution < -0.4 is 5.32 Å². The Morgan fingerprint density at radius 2 is 1.71 bits per heavy atom. The SMILES string of the molecule is CCN1CCC(CNC2CCCCCCC2)C1. The maximum atomic E-state index is 3.85. The van der Waals surface area contributed by atoms with Crippen molar-refractivity contribution in [3.05, 3.63) is 0 Å². The van der Waals surface area contributed by atoms with Gasteiger partial charge >= 0.3 is 0 Å². The van der Waals surface area contributed by atoms with Crippen LogP contribution in [0.2, 0.25) is 0 Å². The van der Waals surface area contributed by atoms with Gasteiger partial charge in [-0.15, -0.1) is 0 Å². The van der Waals surface area contributed by atoms with Crippen LogP contribution in [0.3, 0.4) is 0 Å². The summed E-state index contributed by atoms with van der Waals surface area (Å²) in [6.07, 6.45) is 11.5. The molecule has 0 aromatic carbocycles. The van der Waals surface area contributed by atoms with E-state index in [0.717, 1.165) is 12.0 Å². The molecule has 0 spiro atoms. The van der Waals surface area contributed by atoms with Crippen molar-refractivity contribution in [2.45, 2.75) is 64.3 Å². The van der Waals surface area contributed by atoms with Crippen molar-refractivity contribution in [2.24, 2.45) is 5.92 Å². The molecule has 0 bridgehead atoms. The molecule has 1 aliphatic carbocycles. The first-order valence-electron chi connectivity index (χ1n) is 7.84. The highest BCUT2D eigenvalue weighted by atomic mass is 15.1. The Balaban J connectivity index is 1.63. The van der Waals surface area contributed by atoms with Crippen LogP contribution in [0.5, 0.6) is 0 Å². The Bertz CT molecular complexity index is 197. The Hall–Kier alpha value is -0.0800. The van der Waals surface area contributed by atoms with Gasteiger partial charge in [0.15, 0.2) is 0 Å². The molecule has 17 heavy (non-hydrogen) atoms. The van der Waals surface area contributed by atoms with Crippen molar-refractivity contribution in [1.82, 2.24) is 10.2 Å². The second-order valence-electron chi connectivity index (χ2n) is 6.00. The van der Waals surface area contributed by atoms with Crippen LogP contribution in [0.1, 0.15) is 58.3 Å². The lowest BCUT2D eigenvalue weighted by molar-refractivity contribution is 0.325. The van der Waals surface area contributed by atoms with Crippen LogP contribution >= 0.6 is 0 Å². The van der Waals surface area contributed by atoms with Crippen molar-refractivity contribution in [1.29, 1.82) is 0 Å². The molecule has 2 fully saturated rings. The monoisotopic (exact) mass is 238 g/mol. The normalized spacial score (nSPS) is 29.1. The highest BCUT2D eigenvalue weighted by molar-refractivity contribution is 4.78. The average molecular weight is 238 g/mol. The predicted molar refractivity (Wildman–Crippen MR) is 74.3 cm³/mol. The van der Waals surface area contributed by atoms with E-state index in [1.54, 1.807) is 0 Å². The zero-order valence-electron chi connectivity index (χ0n) is 11.6. The summed E-state index contributed by atoms with van der Waals surface area (Å²) in [6.45, 7) is 7.44. The van der Waals surface area contributed by atoms with E-state index in [1.807, 2.05) is 0 Å². The molecule has 1 atom stereocenters. The van der Waals surface area contributed by atoms with Crippen molar-refractivity contribution < 1.29 is 0 Å². The summed E-state index contributed by atoms with van der Waals surface area (Å²) in [5.41, 5.74) is 0. The van der Waals surface area contributed by atoms with Gasteiger partial charge in [0.05, 0.1) is 0 Å². The molecule has 2 aliphatic rings. The van der Waals surface area contributed by atoms with Crippen LogP contribution in [-0.4, -0.2) is 37.1 Å². The number of hydrogen-bond donors (Lipinski definition) is 1. The van der Waals surface area contributed by atoms with Crippen LogP contribution in [0.4, 0.5) is 0 Å². The van der Waals surface area contributed by atoms with E-state index in [4.69, 9.17) is 0 Å². The molecule has 0 aromatic heterocycles. The van der Waals surface area contributed by atoms with Gasteiger partial charge in [0.25, 0.3) is 0 Å². The Labute approximate surface area is 107 Å². The van der Waals surface area contributed by atoms with Crippen molar-refractivity contribution >= 4 is 0 Å². The van der Waals surface area contributed by atoms with Gasteiger partial charge in [-0.2, -0.15) is 0 Å². The van der Waals surface area contributed by atoms with Crippen LogP contribution in [-0.2, 0) is 0 Å². The molecule has 1 saturated carbocycles. The molecule has 2 nitrogen and oxygen atoms in total. The second-order valence-corrected chi connectivity index (χ2v) is 6.00. The number of nitrogens with one attached hydrogen (secondary N) is 1. The maximum Gasteiger partial charge on any atom is 0.00671 e. The fraction of sp³-hybridized carbons (Fsp3) is 1.00. The maximum absolute atomic E-state index is 3.85. The molecule has 2 rings (SSSR count). The van der Waals surface area contributed by atoms with Gasteiger partial charge in [0, 0.05) is 12.6 Å². The average Bonchev–Trinajstić information content (AvgIpc) is 2.75. The topological polar surface area (TPSA) is 15.3 Å². The zero-order valence-corrected chi connectivity index (χ0v) is 11.6. The smallest absolute Gasteiger partial charge is 0.00671 e. The van der Waals surface area contributed by atoms with E-state index in [9.17, 15) is 0 Å². The van der Waals surface area contributed by atoms with Gasteiger partial charge in [0.1, 0.15) is 0 Å². The summed E-state index contributed by atoms with van der Waals surface area (Å²) in [5.74, 6) is 0.917. The molecule has 0 amide bonds. The van der Waals surface area contributed by atoms with Gasteiger partial charge < -0.3 is 10.2 Å². The fourth-order valence-corrected chi connectivity index (χ4v) is 3.36. The van der Waals surface area contributed by atoms with Gasteiger partial charge in [-0.05, 0) is 44.8 Å². The van der Waals surface area contributed by atoms with Crippen LogP contribution in [0, 0.1) is 5.92 Å². The molecule has 1 unspecified atom stereocenters. The minimum atomic E-state index is 0.825. The van der Waals surface area contributed by atoms with E-state index < -0.39 is 0 Å². The minimum absolute atomic E-state index is 0.825. The van der Waals surface area contributed by atoms with E-state index in [-0.39, 0.29) is 0 Å². The molecular formula is C15H30N2. The lowest BCUT2D eigenvalue weighted by atomic mass is 9.96. The van der Waals surface area contributed by atoms with Gasteiger partial charge in [-0.25, -0.2) is 0 Å². The second kappa shape index (κ2) is 7.38. The summed E-state index contributed by atoms with van der Waals surface area (Å²) in [5, 5.41) is 3.85. The van der Waals surface area contributed by atoms with Gasteiger partial charge in [0.2, 0.25) is 0 Å². The Morgan fingerprint density at radius 1 is 1.00 bits per heavy atom. The van der Waals surface area contributed by atoms with E-state index in [0.29, 0.717) is 0 Å². The van der Waals surface area contributed by atoms with Crippen LogP contribution in [0.25, 0.3) is 0 Å². The lowest BCUT2D eigenvalue weighted by Crippen LogP contribution is -2.34. The zero-order chi connectivity index (χ0) is 11.9. The molecule has 1 aliphatic heterocycles. The number of rotatable bonds is 4. The molecule has 1 saturated heterocycles. The largest absolute Gasteiger partial charge is 0.314 e. The molecular weight excluding hydrogens is 208 g/mol. The van der Waals surface area contributed by atoms with Crippen molar-refractivity contribution in [2.75, 3.05) is 26.2 Å². The van der Waals surface area contributed by atoms with Crippen molar-refractivity contribution in [3.63, 3.8) is 0 Å². The van der Waals surface area contributed by atoms with E-state index >= 15 is 0 Å². The number of hydrogen-bond acceptors (Lipinski definition) is 2. The predicted octanol–water partition coefficient (Wildman–Crippen LogP) is 3.03.